The highest BCUT2D eigenvalue weighted by molar-refractivity contribution is 5.54. The Morgan fingerprint density at radius 2 is 1.95 bits per heavy atom. The van der Waals surface area contributed by atoms with Crippen LogP contribution in [0.1, 0.15) is 24.3 Å². The predicted molar refractivity (Wildman–Crippen MR) is 83.0 cm³/mol. The maximum atomic E-state index is 3.50. The summed E-state index contributed by atoms with van der Waals surface area (Å²) in [6.07, 6.45) is 2.49. The summed E-state index contributed by atoms with van der Waals surface area (Å²) in [5, 5.41) is 3.50. The molecule has 0 radical (unpaired) electrons. The molecule has 1 unspecified atom stereocenters. The molecule has 1 aromatic carbocycles. The molecule has 1 N–H and O–H groups in total. The van der Waals surface area contributed by atoms with Crippen molar-refractivity contribution in [2.24, 2.45) is 0 Å². The molecule has 0 saturated carbocycles. The zero-order valence-electron chi connectivity index (χ0n) is 12.5. The number of nitrogens with zero attached hydrogens (tertiary/aromatic N) is 2. The Bertz CT molecular complexity index is 389. The Morgan fingerprint density at radius 1 is 1.16 bits per heavy atom. The summed E-state index contributed by atoms with van der Waals surface area (Å²) >= 11 is 0. The lowest BCUT2D eigenvalue weighted by atomic mass is 9.90. The van der Waals surface area contributed by atoms with Crippen LogP contribution in [0.5, 0.6) is 0 Å². The second-order valence-corrected chi connectivity index (χ2v) is 5.92. The van der Waals surface area contributed by atoms with Gasteiger partial charge in [-0.05, 0) is 58.7 Å². The van der Waals surface area contributed by atoms with Crippen LogP contribution in [0.15, 0.2) is 24.3 Å². The highest BCUT2D eigenvalue weighted by atomic mass is 15.1. The second kappa shape index (κ2) is 6.92. The third-order valence-corrected chi connectivity index (χ3v) is 3.89. The zero-order valence-corrected chi connectivity index (χ0v) is 12.5. The lowest BCUT2D eigenvalue weighted by Gasteiger charge is -2.30. The molecule has 1 aliphatic heterocycles. The van der Waals surface area contributed by atoms with Crippen LogP contribution in [0.4, 0.5) is 5.69 Å². The molecule has 1 aromatic rings. The van der Waals surface area contributed by atoms with Gasteiger partial charge in [0.15, 0.2) is 0 Å². The first kappa shape index (κ1) is 14.4. The van der Waals surface area contributed by atoms with E-state index in [1.165, 1.54) is 43.7 Å². The highest BCUT2D eigenvalue weighted by Gasteiger charge is 2.20. The number of nitrogens with one attached hydrogen (secondary N) is 1. The first-order chi connectivity index (χ1) is 9.16. The number of para-hydroxylation sites is 1. The molecule has 2 rings (SSSR count). The minimum atomic E-state index is 0.682. The fourth-order valence-electron chi connectivity index (χ4n) is 2.86. The number of hydrogen-bond acceptors (Lipinski definition) is 3. The molecule has 0 amide bonds. The maximum absolute atomic E-state index is 3.50. The molecule has 0 aromatic heterocycles. The minimum Gasteiger partial charge on any atom is -0.385 e. The predicted octanol–water partition coefficient (Wildman–Crippen LogP) is 2.47. The van der Waals surface area contributed by atoms with Crippen LogP contribution in [0.25, 0.3) is 0 Å². The summed E-state index contributed by atoms with van der Waals surface area (Å²) in [5.41, 5.74) is 2.83. The average molecular weight is 261 g/mol. The van der Waals surface area contributed by atoms with E-state index < -0.39 is 0 Å². The fraction of sp³-hybridized carbons (Fsp3) is 0.625. The second-order valence-electron chi connectivity index (χ2n) is 5.92. The van der Waals surface area contributed by atoms with Crippen LogP contribution in [0, 0.1) is 0 Å². The molecule has 0 spiro atoms. The van der Waals surface area contributed by atoms with Gasteiger partial charge in [0, 0.05) is 24.7 Å². The first-order valence-corrected chi connectivity index (χ1v) is 7.33. The minimum absolute atomic E-state index is 0.682. The highest BCUT2D eigenvalue weighted by Crippen LogP contribution is 2.31. The molecule has 0 bridgehead atoms. The molecule has 3 nitrogen and oxygen atoms in total. The summed E-state index contributed by atoms with van der Waals surface area (Å²) in [5.74, 6) is 0.682. The van der Waals surface area contributed by atoms with Crippen LogP contribution >= 0.6 is 0 Å². The molecule has 1 heterocycles. The van der Waals surface area contributed by atoms with E-state index in [9.17, 15) is 0 Å². The van der Waals surface area contributed by atoms with Crippen molar-refractivity contribution < 1.29 is 0 Å². The number of benzene rings is 1. The van der Waals surface area contributed by atoms with E-state index >= 15 is 0 Å². The molecule has 19 heavy (non-hydrogen) atoms. The van der Waals surface area contributed by atoms with E-state index in [4.69, 9.17) is 0 Å². The van der Waals surface area contributed by atoms with Crippen LogP contribution in [-0.2, 0) is 0 Å². The summed E-state index contributed by atoms with van der Waals surface area (Å²) < 4.78 is 0. The average Bonchev–Trinajstić information content (AvgIpc) is 2.39. The van der Waals surface area contributed by atoms with Gasteiger partial charge < -0.3 is 15.1 Å². The number of fused-ring (bicyclic) bond motifs is 1. The van der Waals surface area contributed by atoms with Gasteiger partial charge in [-0.3, -0.25) is 0 Å². The summed E-state index contributed by atoms with van der Waals surface area (Å²) in [6.45, 7) is 4.64. The van der Waals surface area contributed by atoms with Crippen molar-refractivity contribution >= 4 is 5.69 Å². The summed E-state index contributed by atoms with van der Waals surface area (Å²) in [7, 11) is 6.53. The molecular formula is C16H27N3. The third kappa shape index (κ3) is 4.22. The number of likely N-dealkylation sites (N-methyl/N-ethyl adjacent to an activating group) is 1. The van der Waals surface area contributed by atoms with Gasteiger partial charge in [-0.25, -0.2) is 0 Å². The molecule has 0 aliphatic carbocycles. The van der Waals surface area contributed by atoms with Crippen molar-refractivity contribution in [3.8, 4) is 0 Å². The quantitative estimate of drug-likeness (QED) is 0.848. The van der Waals surface area contributed by atoms with Crippen molar-refractivity contribution in [2.75, 3.05) is 52.6 Å². The van der Waals surface area contributed by atoms with Gasteiger partial charge in [-0.1, -0.05) is 18.2 Å². The topological polar surface area (TPSA) is 18.5 Å². The molecule has 0 fully saturated rings. The van der Waals surface area contributed by atoms with Gasteiger partial charge >= 0.3 is 0 Å². The van der Waals surface area contributed by atoms with Crippen LogP contribution in [0.3, 0.4) is 0 Å². The van der Waals surface area contributed by atoms with E-state index in [1.807, 2.05) is 0 Å². The normalized spacial score (nSPS) is 18.5. The van der Waals surface area contributed by atoms with Crippen molar-refractivity contribution in [3.05, 3.63) is 29.8 Å². The third-order valence-electron chi connectivity index (χ3n) is 3.89. The van der Waals surface area contributed by atoms with Crippen molar-refractivity contribution in [3.63, 3.8) is 0 Å². The first-order valence-electron chi connectivity index (χ1n) is 7.33. The van der Waals surface area contributed by atoms with Crippen LogP contribution in [0.2, 0.25) is 0 Å². The van der Waals surface area contributed by atoms with Gasteiger partial charge in [0.25, 0.3) is 0 Å². The lowest BCUT2D eigenvalue weighted by Crippen LogP contribution is -2.30. The Balaban J connectivity index is 1.86. The fourth-order valence-corrected chi connectivity index (χ4v) is 2.86. The summed E-state index contributed by atoms with van der Waals surface area (Å²) in [6, 6.07) is 8.76. The molecule has 1 atom stereocenters. The molecule has 3 heteroatoms. The molecule has 106 valence electrons. The van der Waals surface area contributed by atoms with E-state index in [0.717, 1.165) is 6.54 Å². The van der Waals surface area contributed by atoms with Crippen LogP contribution in [-0.4, -0.2) is 57.1 Å². The number of rotatable bonds is 6. The lowest BCUT2D eigenvalue weighted by molar-refractivity contribution is 0.281. The van der Waals surface area contributed by atoms with Gasteiger partial charge in [0.2, 0.25) is 0 Å². The Morgan fingerprint density at radius 3 is 2.74 bits per heavy atom. The van der Waals surface area contributed by atoms with Gasteiger partial charge in [0.05, 0.1) is 0 Å². The SMILES string of the molecule is CN(C)CCCN(C)CC1CCNc2ccccc21. The Hall–Kier alpha value is -1.06. The van der Waals surface area contributed by atoms with E-state index in [2.05, 4.69) is 60.5 Å². The van der Waals surface area contributed by atoms with E-state index in [-0.39, 0.29) is 0 Å². The Labute approximate surface area is 117 Å². The smallest absolute Gasteiger partial charge is 0.0376 e. The largest absolute Gasteiger partial charge is 0.385 e. The standard InChI is InChI=1S/C16H27N3/c1-18(2)11-6-12-19(3)13-14-9-10-17-16-8-5-4-7-15(14)16/h4-5,7-8,14,17H,6,9-13H2,1-3H3. The van der Waals surface area contributed by atoms with Gasteiger partial charge in [-0.2, -0.15) is 0 Å². The monoisotopic (exact) mass is 261 g/mol. The van der Waals surface area contributed by atoms with E-state index in [1.54, 1.807) is 0 Å². The van der Waals surface area contributed by atoms with Crippen molar-refractivity contribution in [2.45, 2.75) is 18.8 Å². The van der Waals surface area contributed by atoms with E-state index in [0.29, 0.717) is 5.92 Å². The summed E-state index contributed by atoms with van der Waals surface area (Å²) in [4.78, 5) is 4.74. The van der Waals surface area contributed by atoms with Crippen molar-refractivity contribution in [1.82, 2.24) is 9.80 Å². The van der Waals surface area contributed by atoms with Gasteiger partial charge in [-0.15, -0.1) is 0 Å². The van der Waals surface area contributed by atoms with Gasteiger partial charge in [0.1, 0.15) is 0 Å². The molecular weight excluding hydrogens is 234 g/mol. The Kier molecular flexibility index (Phi) is 5.23. The van der Waals surface area contributed by atoms with Crippen molar-refractivity contribution in [1.29, 1.82) is 0 Å². The van der Waals surface area contributed by atoms with Crippen LogP contribution < -0.4 is 5.32 Å². The molecule has 1 aliphatic rings. The zero-order chi connectivity index (χ0) is 13.7. The number of anilines is 1. The number of hydrogen-bond donors (Lipinski definition) is 1. The molecule has 0 saturated heterocycles. The maximum Gasteiger partial charge on any atom is 0.0376 e.